The summed E-state index contributed by atoms with van der Waals surface area (Å²) in [4.78, 5) is 12.2. The van der Waals surface area contributed by atoms with Crippen LogP contribution in [-0.2, 0) is 18.4 Å². The number of carbonyl (C=O) groups is 1. The van der Waals surface area contributed by atoms with Gasteiger partial charge in [-0.25, -0.2) is 0 Å². The molecule has 1 amide bonds. The van der Waals surface area contributed by atoms with Crippen LogP contribution >= 0.6 is 39.3 Å². The van der Waals surface area contributed by atoms with Gasteiger partial charge >= 0.3 is 0 Å². The third-order valence-corrected chi connectivity index (χ3v) is 6.63. The van der Waals surface area contributed by atoms with Crippen LogP contribution in [0.5, 0.6) is 5.75 Å². The number of hydrogen-bond donors (Lipinski definition) is 1. The number of thioether (sulfide) groups is 1. The first-order valence-corrected chi connectivity index (χ1v) is 11.0. The average Bonchev–Trinajstić information content (AvgIpc) is 3.04. The van der Waals surface area contributed by atoms with Gasteiger partial charge in [-0.05, 0) is 65.2 Å². The van der Waals surface area contributed by atoms with Gasteiger partial charge in [-0.3, -0.25) is 4.79 Å². The smallest absolute Gasteiger partial charge is 0.234 e. The Kier molecular flexibility index (Phi) is 7.21. The number of rotatable bonds is 7. The number of halogens is 2. The zero-order valence-corrected chi connectivity index (χ0v) is 19.4. The molecule has 0 aliphatic rings. The van der Waals surface area contributed by atoms with Crippen molar-refractivity contribution >= 4 is 50.9 Å². The Hall–Kier alpha value is -2.03. The van der Waals surface area contributed by atoms with Crippen molar-refractivity contribution in [1.29, 1.82) is 0 Å². The molecule has 0 saturated heterocycles. The topological polar surface area (TPSA) is 69.0 Å². The van der Waals surface area contributed by atoms with Gasteiger partial charge < -0.3 is 14.6 Å². The fourth-order valence-electron chi connectivity index (χ4n) is 2.52. The lowest BCUT2D eigenvalue weighted by Gasteiger charge is -2.10. The molecule has 0 atom stereocenters. The van der Waals surface area contributed by atoms with E-state index in [4.69, 9.17) is 16.3 Å². The molecule has 0 spiro atoms. The van der Waals surface area contributed by atoms with Crippen LogP contribution in [0.15, 0.2) is 46.0 Å². The highest BCUT2D eigenvalue weighted by Gasteiger charge is 2.13. The Morgan fingerprint density at radius 2 is 2.07 bits per heavy atom. The summed E-state index contributed by atoms with van der Waals surface area (Å²) in [5, 5.41) is 12.3. The number of ether oxygens (including phenoxy) is 1. The Balaban J connectivity index is 1.55. The van der Waals surface area contributed by atoms with Gasteiger partial charge in [0.15, 0.2) is 11.0 Å². The summed E-state index contributed by atoms with van der Waals surface area (Å²) in [6.07, 6.45) is 0. The summed E-state index contributed by atoms with van der Waals surface area (Å²) in [6, 6.07) is 11.2. The Morgan fingerprint density at radius 3 is 2.83 bits per heavy atom. The van der Waals surface area contributed by atoms with Crippen molar-refractivity contribution in [3.05, 3.63) is 62.8 Å². The number of nitrogens with one attached hydrogen (secondary N) is 1. The molecule has 1 N–H and O–H groups in total. The maximum Gasteiger partial charge on any atom is 0.234 e. The molecule has 0 aliphatic carbocycles. The molecule has 3 aromatic rings. The van der Waals surface area contributed by atoms with E-state index >= 15 is 0 Å². The third-order valence-electron chi connectivity index (χ3n) is 4.37. The van der Waals surface area contributed by atoms with E-state index < -0.39 is 0 Å². The van der Waals surface area contributed by atoms with Crippen LogP contribution in [-0.4, -0.2) is 26.4 Å². The summed E-state index contributed by atoms with van der Waals surface area (Å²) >= 11 is 10.7. The number of benzene rings is 2. The first kappa shape index (κ1) is 21.7. The number of anilines is 1. The SMILES string of the molecule is Cc1cccc(OCc2nnc(SCC(=O)Nc3ccc(Br)c(Cl)c3)n2C)c1C. The van der Waals surface area contributed by atoms with Crippen LogP contribution in [0.3, 0.4) is 0 Å². The van der Waals surface area contributed by atoms with E-state index in [-0.39, 0.29) is 11.7 Å². The molecule has 1 heterocycles. The maximum absolute atomic E-state index is 12.2. The predicted octanol–water partition coefficient (Wildman–Crippen LogP) is 5.16. The molecule has 1 aromatic heterocycles. The monoisotopic (exact) mass is 494 g/mol. The highest BCUT2D eigenvalue weighted by Crippen LogP contribution is 2.26. The Bertz CT molecular complexity index is 1040. The highest BCUT2D eigenvalue weighted by atomic mass is 79.9. The summed E-state index contributed by atoms with van der Waals surface area (Å²) in [7, 11) is 1.86. The van der Waals surface area contributed by atoms with E-state index in [1.807, 2.05) is 43.7 Å². The molecule has 0 bridgehead atoms. The van der Waals surface area contributed by atoms with Gasteiger partial charge in [-0.15, -0.1) is 10.2 Å². The van der Waals surface area contributed by atoms with Crippen molar-refractivity contribution in [2.45, 2.75) is 25.6 Å². The van der Waals surface area contributed by atoms with Crippen LogP contribution < -0.4 is 10.1 Å². The molecule has 0 aliphatic heterocycles. The summed E-state index contributed by atoms with van der Waals surface area (Å²) < 4.78 is 8.51. The van der Waals surface area contributed by atoms with Crippen LogP contribution in [0, 0.1) is 13.8 Å². The van der Waals surface area contributed by atoms with E-state index in [0.717, 1.165) is 15.8 Å². The van der Waals surface area contributed by atoms with Crippen LogP contribution in [0.2, 0.25) is 5.02 Å². The zero-order chi connectivity index (χ0) is 21.0. The van der Waals surface area contributed by atoms with Crippen molar-refractivity contribution in [1.82, 2.24) is 14.8 Å². The van der Waals surface area contributed by atoms with Crippen LogP contribution in [0.1, 0.15) is 17.0 Å². The van der Waals surface area contributed by atoms with Crippen LogP contribution in [0.4, 0.5) is 5.69 Å². The molecular weight excluding hydrogens is 476 g/mol. The van der Waals surface area contributed by atoms with Gasteiger partial charge in [0.1, 0.15) is 12.4 Å². The van der Waals surface area contributed by atoms with Gasteiger partial charge in [0, 0.05) is 17.2 Å². The first-order valence-electron chi connectivity index (χ1n) is 8.80. The molecule has 0 unspecified atom stereocenters. The van der Waals surface area contributed by atoms with Crippen molar-refractivity contribution < 1.29 is 9.53 Å². The average molecular weight is 496 g/mol. The maximum atomic E-state index is 12.2. The number of nitrogens with zero attached hydrogens (tertiary/aromatic N) is 3. The van der Waals surface area contributed by atoms with E-state index in [1.54, 1.807) is 18.2 Å². The highest BCUT2D eigenvalue weighted by molar-refractivity contribution is 9.10. The third kappa shape index (κ3) is 5.52. The Morgan fingerprint density at radius 1 is 1.28 bits per heavy atom. The number of amides is 1. The second-order valence-corrected chi connectivity index (χ2v) is 8.61. The largest absolute Gasteiger partial charge is 0.485 e. The summed E-state index contributed by atoms with van der Waals surface area (Å²) in [5.74, 6) is 1.57. The molecule has 9 heteroatoms. The fourth-order valence-corrected chi connectivity index (χ4v) is 3.68. The number of aryl methyl sites for hydroxylation is 1. The number of carbonyl (C=O) groups excluding carboxylic acids is 1. The van der Waals surface area contributed by atoms with Gasteiger partial charge in [0.05, 0.1) is 10.8 Å². The van der Waals surface area contributed by atoms with Gasteiger partial charge in [-0.1, -0.05) is 35.5 Å². The number of hydrogen-bond acceptors (Lipinski definition) is 5. The molecule has 6 nitrogen and oxygen atoms in total. The second kappa shape index (κ2) is 9.65. The van der Waals surface area contributed by atoms with E-state index in [0.29, 0.717) is 28.3 Å². The zero-order valence-electron chi connectivity index (χ0n) is 16.2. The molecule has 0 saturated carbocycles. The van der Waals surface area contributed by atoms with Gasteiger partial charge in [-0.2, -0.15) is 0 Å². The normalized spacial score (nSPS) is 10.8. The van der Waals surface area contributed by atoms with E-state index in [2.05, 4.69) is 31.4 Å². The predicted molar refractivity (Wildman–Crippen MR) is 120 cm³/mol. The second-order valence-electron chi connectivity index (χ2n) is 6.41. The lowest BCUT2D eigenvalue weighted by molar-refractivity contribution is -0.113. The molecule has 2 aromatic carbocycles. The molecule has 152 valence electrons. The molecule has 3 rings (SSSR count). The molecular formula is C20H20BrClN4O2S. The lowest BCUT2D eigenvalue weighted by Crippen LogP contribution is -2.14. The van der Waals surface area contributed by atoms with Gasteiger partial charge in [0.2, 0.25) is 5.91 Å². The summed E-state index contributed by atoms with van der Waals surface area (Å²) in [6.45, 7) is 4.38. The minimum atomic E-state index is -0.149. The van der Waals surface area contributed by atoms with Crippen molar-refractivity contribution in [2.24, 2.45) is 7.05 Å². The van der Waals surface area contributed by atoms with Crippen molar-refractivity contribution in [3.8, 4) is 5.75 Å². The standard InChI is InChI=1S/C20H20BrClN4O2S/c1-12-5-4-6-17(13(12)2)28-10-18-24-25-20(26(18)3)29-11-19(27)23-14-7-8-15(21)16(22)9-14/h4-9H,10-11H2,1-3H3,(H,23,27). The first-order chi connectivity index (χ1) is 13.8. The quantitative estimate of drug-likeness (QED) is 0.459. The molecule has 29 heavy (non-hydrogen) atoms. The minimum absolute atomic E-state index is 0.149. The van der Waals surface area contributed by atoms with Crippen molar-refractivity contribution in [2.75, 3.05) is 11.1 Å². The van der Waals surface area contributed by atoms with E-state index in [1.165, 1.54) is 17.3 Å². The van der Waals surface area contributed by atoms with Crippen molar-refractivity contribution in [3.63, 3.8) is 0 Å². The lowest BCUT2D eigenvalue weighted by atomic mass is 10.1. The van der Waals surface area contributed by atoms with Gasteiger partial charge in [0.25, 0.3) is 0 Å². The summed E-state index contributed by atoms with van der Waals surface area (Å²) in [5.41, 5.74) is 2.92. The van der Waals surface area contributed by atoms with Crippen LogP contribution in [0.25, 0.3) is 0 Å². The molecule has 0 fully saturated rings. The fraction of sp³-hybridized carbons (Fsp3) is 0.250. The Labute approximate surface area is 187 Å². The molecule has 0 radical (unpaired) electrons. The van der Waals surface area contributed by atoms with E-state index in [9.17, 15) is 4.79 Å². The minimum Gasteiger partial charge on any atom is -0.485 e. The number of aromatic nitrogens is 3.